The Morgan fingerprint density at radius 1 is 1.10 bits per heavy atom. The monoisotopic (exact) mass is 448 g/mol. The van der Waals surface area contributed by atoms with Crippen molar-refractivity contribution in [2.45, 2.75) is 4.90 Å². The van der Waals surface area contributed by atoms with Crippen molar-refractivity contribution < 1.29 is 38.8 Å². The van der Waals surface area contributed by atoms with Crippen molar-refractivity contribution in [1.29, 1.82) is 0 Å². The minimum atomic E-state index is -3.94. The fourth-order valence-corrected chi connectivity index (χ4v) is 3.81. The Morgan fingerprint density at radius 3 is 2.45 bits per heavy atom. The highest BCUT2D eigenvalue weighted by Crippen LogP contribution is 2.28. The number of hydrogen-bond acceptors (Lipinski definition) is 5. The summed E-state index contributed by atoms with van der Waals surface area (Å²) in [6, 6.07) is 13.8. The Morgan fingerprint density at radius 2 is 1.81 bits per heavy atom. The van der Waals surface area contributed by atoms with E-state index in [1.54, 1.807) is 18.2 Å². The summed E-state index contributed by atoms with van der Waals surface area (Å²) in [7, 11) is -2.52. The molecule has 3 rings (SSSR count). The van der Waals surface area contributed by atoms with Crippen molar-refractivity contribution in [3.05, 3.63) is 72.0 Å². The van der Waals surface area contributed by atoms with Gasteiger partial charge in [0, 0.05) is 29.4 Å². The molecule has 0 atom stereocenters. The standard InChI is InChI=1S/C20H19FN4O5S/c1-30-19-9-4-13(22)10-18(19)25-31(28,29)15-6-2-12(3-7-15)20(26)23-14-5-8-16(21)17(11-14)24-27/h2-11,24-25,27H,22H2,1H3,(H,23,26)/p+2. The summed E-state index contributed by atoms with van der Waals surface area (Å²) in [6.45, 7) is 0. The number of hydrogen-bond donors (Lipinski definition) is 5. The number of quaternary nitrogens is 2. The van der Waals surface area contributed by atoms with E-state index >= 15 is 0 Å². The van der Waals surface area contributed by atoms with Crippen LogP contribution in [0.1, 0.15) is 10.4 Å². The van der Waals surface area contributed by atoms with Crippen molar-refractivity contribution >= 4 is 38.7 Å². The van der Waals surface area contributed by atoms with E-state index < -0.39 is 21.7 Å². The lowest BCUT2D eigenvalue weighted by Crippen LogP contribution is -2.74. The molecule has 162 valence electrons. The molecule has 9 nitrogen and oxygen atoms in total. The fraction of sp³-hybridized carbons (Fsp3) is 0.0500. The highest BCUT2D eigenvalue weighted by molar-refractivity contribution is 7.92. The molecule has 0 bridgehead atoms. The Labute approximate surface area is 177 Å². The van der Waals surface area contributed by atoms with Gasteiger partial charge in [-0.1, -0.05) is 0 Å². The highest BCUT2D eigenvalue weighted by atomic mass is 32.2. The molecule has 0 aliphatic carbocycles. The number of nitrogens with one attached hydrogen (secondary N) is 2. The van der Waals surface area contributed by atoms with Crippen LogP contribution in [0, 0.1) is 5.82 Å². The van der Waals surface area contributed by atoms with E-state index in [1.165, 1.54) is 43.5 Å². The van der Waals surface area contributed by atoms with Crippen LogP contribution in [0.15, 0.2) is 65.6 Å². The normalized spacial score (nSPS) is 11.1. The molecule has 0 saturated heterocycles. The summed E-state index contributed by atoms with van der Waals surface area (Å²) in [4.78, 5) is 12.3. The zero-order valence-corrected chi connectivity index (χ0v) is 17.2. The van der Waals surface area contributed by atoms with Crippen LogP contribution in [0.4, 0.5) is 27.1 Å². The number of sulfonamides is 1. The number of halogens is 1. The lowest BCUT2D eigenvalue weighted by molar-refractivity contribution is -0.826. The predicted octanol–water partition coefficient (Wildman–Crippen LogP) is 1.34. The Balaban J connectivity index is 1.77. The Hall–Kier alpha value is -3.51. The summed E-state index contributed by atoms with van der Waals surface area (Å²) < 4.78 is 46.5. The number of ether oxygens (including phenoxy) is 1. The lowest BCUT2D eigenvalue weighted by atomic mass is 10.2. The van der Waals surface area contributed by atoms with Crippen LogP contribution in [-0.4, -0.2) is 26.6 Å². The molecule has 0 aliphatic heterocycles. The third-order valence-corrected chi connectivity index (χ3v) is 5.71. The molecule has 8 N–H and O–H groups in total. The number of anilines is 2. The number of nitrogens with two attached hydrogens (primary N) is 1. The smallest absolute Gasteiger partial charge is 0.262 e. The Kier molecular flexibility index (Phi) is 6.51. The molecule has 11 heteroatoms. The van der Waals surface area contributed by atoms with Gasteiger partial charge in [-0.25, -0.2) is 18.0 Å². The molecule has 0 spiro atoms. The summed E-state index contributed by atoms with van der Waals surface area (Å²) >= 11 is 0. The van der Waals surface area contributed by atoms with Gasteiger partial charge >= 0.3 is 0 Å². The maximum Gasteiger partial charge on any atom is 0.262 e. The van der Waals surface area contributed by atoms with E-state index in [0.29, 0.717) is 16.9 Å². The van der Waals surface area contributed by atoms with E-state index in [-0.39, 0.29) is 27.5 Å². The van der Waals surface area contributed by atoms with Crippen LogP contribution < -0.4 is 26.0 Å². The van der Waals surface area contributed by atoms with E-state index in [4.69, 9.17) is 9.94 Å². The molecule has 0 fully saturated rings. The van der Waals surface area contributed by atoms with Crippen LogP contribution in [0.25, 0.3) is 0 Å². The average molecular weight is 448 g/mol. The number of benzene rings is 3. The molecule has 0 saturated carbocycles. The summed E-state index contributed by atoms with van der Waals surface area (Å²) in [5.74, 6) is -0.826. The maximum atomic E-state index is 13.4. The molecule has 1 amide bonds. The molecule has 0 radical (unpaired) electrons. The minimum absolute atomic E-state index is 0.0560. The van der Waals surface area contributed by atoms with Crippen LogP contribution in [0.5, 0.6) is 5.75 Å². The topological polar surface area (TPSA) is 149 Å². The van der Waals surface area contributed by atoms with Gasteiger partial charge in [0.15, 0.2) is 11.5 Å². The number of methoxy groups -OCH3 is 1. The van der Waals surface area contributed by atoms with Gasteiger partial charge in [0.2, 0.25) is 0 Å². The predicted molar refractivity (Wildman–Crippen MR) is 111 cm³/mol. The minimum Gasteiger partial charge on any atom is -0.495 e. The van der Waals surface area contributed by atoms with Crippen molar-refractivity contribution in [2.75, 3.05) is 17.1 Å². The zero-order chi connectivity index (χ0) is 22.6. The molecule has 0 heterocycles. The second-order valence-electron chi connectivity index (χ2n) is 6.48. The third-order valence-electron chi connectivity index (χ3n) is 4.33. The van der Waals surface area contributed by atoms with Crippen molar-refractivity contribution in [3.8, 4) is 5.75 Å². The third kappa shape index (κ3) is 5.16. The van der Waals surface area contributed by atoms with Crippen molar-refractivity contribution in [3.63, 3.8) is 0 Å². The molecule has 3 aromatic rings. The van der Waals surface area contributed by atoms with E-state index in [0.717, 1.165) is 6.07 Å². The molecule has 0 aromatic heterocycles. The Bertz CT molecular complexity index is 1220. The van der Waals surface area contributed by atoms with Crippen molar-refractivity contribution in [2.24, 2.45) is 0 Å². The fourth-order valence-electron chi connectivity index (χ4n) is 2.75. The van der Waals surface area contributed by atoms with Gasteiger partial charge in [-0.3, -0.25) is 9.52 Å². The van der Waals surface area contributed by atoms with Gasteiger partial charge < -0.3 is 15.8 Å². The van der Waals surface area contributed by atoms with Gasteiger partial charge in [0.1, 0.15) is 11.4 Å². The molecule has 0 unspecified atom stereocenters. The first-order valence-electron chi connectivity index (χ1n) is 8.94. The van der Waals surface area contributed by atoms with E-state index in [2.05, 4.69) is 15.8 Å². The first-order chi connectivity index (χ1) is 14.7. The first kappa shape index (κ1) is 22.2. The maximum absolute atomic E-state index is 13.4. The largest absolute Gasteiger partial charge is 0.495 e. The quantitative estimate of drug-likeness (QED) is 0.273. The number of rotatable bonds is 7. The van der Waals surface area contributed by atoms with Gasteiger partial charge in [-0.15, -0.1) is 0 Å². The summed E-state index contributed by atoms with van der Waals surface area (Å²) in [5.41, 5.74) is 5.59. The molecular formula is C20H21FN4O5S+2. The lowest BCUT2D eigenvalue weighted by Gasteiger charge is -2.12. The van der Waals surface area contributed by atoms with E-state index in [1.807, 2.05) is 0 Å². The van der Waals surface area contributed by atoms with Crippen LogP contribution in [-0.2, 0) is 10.0 Å². The van der Waals surface area contributed by atoms with Gasteiger partial charge in [-0.2, -0.15) is 5.48 Å². The highest BCUT2D eigenvalue weighted by Gasteiger charge is 2.18. The number of carbonyl (C=O) groups is 1. The van der Waals surface area contributed by atoms with Gasteiger partial charge in [0.25, 0.3) is 15.9 Å². The number of carbonyl (C=O) groups excluding carboxylic acids is 1. The SMILES string of the molecule is COc1ccc([NH3+])cc1NS(=O)(=O)c1ccc(C(=O)Nc2ccc(F)c([NH2+]O)c2)cc1. The van der Waals surface area contributed by atoms with Crippen LogP contribution in [0.3, 0.4) is 0 Å². The molecule has 3 aromatic carbocycles. The molecule has 31 heavy (non-hydrogen) atoms. The van der Waals surface area contributed by atoms with E-state index in [9.17, 15) is 17.6 Å². The second-order valence-corrected chi connectivity index (χ2v) is 8.17. The molecule has 0 aliphatic rings. The molecular weight excluding hydrogens is 427 g/mol. The zero-order valence-electron chi connectivity index (χ0n) is 16.4. The first-order valence-corrected chi connectivity index (χ1v) is 10.4. The number of amides is 1. The van der Waals surface area contributed by atoms with Gasteiger partial charge in [0.05, 0.1) is 17.7 Å². The summed E-state index contributed by atoms with van der Waals surface area (Å²) in [6.07, 6.45) is 0. The van der Waals surface area contributed by atoms with Crippen molar-refractivity contribution in [1.82, 2.24) is 0 Å². The van der Waals surface area contributed by atoms with Crippen LogP contribution in [0.2, 0.25) is 0 Å². The van der Waals surface area contributed by atoms with Gasteiger partial charge in [-0.05, 0) is 42.5 Å². The second kappa shape index (κ2) is 9.10. The van der Waals surface area contributed by atoms with Crippen LogP contribution >= 0.6 is 0 Å². The summed E-state index contributed by atoms with van der Waals surface area (Å²) in [5, 5.41) is 11.6. The average Bonchev–Trinajstić information content (AvgIpc) is 2.75.